The van der Waals surface area contributed by atoms with Crippen molar-refractivity contribution in [1.29, 1.82) is 0 Å². The fourth-order valence-electron chi connectivity index (χ4n) is 3.38. The molecule has 0 saturated heterocycles. The van der Waals surface area contributed by atoms with Gasteiger partial charge in [-0.25, -0.2) is 18.0 Å². The van der Waals surface area contributed by atoms with Gasteiger partial charge in [0.15, 0.2) is 6.61 Å². The van der Waals surface area contributed by atoms with E-state index in [4.69, 9.17) is 4.74 Å². The number of H-pyrrole nitrogens is 1. The van der Waals surface area contributed by atoms with Gasteiger partial charge in [0.1, 0.15) is 0 Å². The molecule has 34 heavy (non-hydrogen) atoms. The Balaban J connectivity index is 1.61. The molecule has 1 aromatic heterocycles. The van der Waals surface area contributed by atoms with Crippen molar-refractivity contribution >= 4 is 27.6 Å². The lowest BCUT2D eigenvalue weighted by Crippen LogP contribution is -2.30. The molecule has 0 spiro atoms. The van der Waals surface area contributed by atoms with Crippen LogP contribution < -0.4 is 11.0 Å². The van der Waals surface area contributed by atoms with E-state index in [2.05, 4.69) is 10.3 Å². The lowest BCUT2D eigenvalue weighted by molar-refractivity contribution is -0.119. The van der Waals surface area contributed by atoms with E-state index in [0.717, 1.165) is 0 Å². The molecular weight excluding hydrogens is 460 g/mol. The maximum atomic E-state index is 12.7. The Hall–Kier alpha value is -3.70. The number of aromatic nitrogens is 2. The van der Waals surface area contributed by atoms with Crippen LogP contribution in [-0.4, -0.2) is 53.8 Å². The van der Waals surface area contributed by atoms with E-state index in [1.54, 1.807) is 45.2 Å². The van der Waals surface area contributed by atoms with Crippen molar-refractivity contribution in [2.24, 2.45) is 0 Å². The van der Waals surface area contributed by atoms with Crippen LogP contribution in [0.1, 0.15) is 29.9 Å². The lowest BCUT2D eigenvalue weighted by atomic mass is 10.2. The summed E-state index contributed by atoms with van der Waals surface area (Å²) in [6, 6.07) is 12.1. The van der Waals surface area contributed by atoms with E-state index in [1.165, 1.54) is 39.2 Å². The normalized spacial score (nSPS) is 11.4. The zero-order valence-electron chi connectivity index (χ0n) is 19.1. The number of sulfonamides is 1. The molecule has 2 N–H and O–H groups in total. The van der Waals surface area contributed by atoms with Gasteiger partial charge < -0.3 is 15.0 Å². The molecular formula is C23H26N4O6S. The fraction of sp³-hybridized carbons (Fsp3) is 0.261. The third kappa shape index (κ3) is 5.43. The van der Waals surface area contributed by atoms with E-state index in [-0.39, 0.29) is 21.8 Å². The summed E-state index contributed by atoms with van der Waals surface area (Å²) < 4.78 is 33.2. The van der Waals surface area contributed by atoms with Gasteiger partial charge in [-0.1, -0.05) is 19.9 Å². The Labute approximate surface area is 197 Å². The first kappa shape index (κ1) is 24.9. The van der Waals surface area contributed by atoms with Gasteiger partial charge in [-0.15, -0.1) is 0 Å². The summed E-state index contributed by atoms with van der Waals surface area (Å²) in [5.74, 6) is -1.32. The summed E-state index contributed by atoms with van der Waals surface area (Å²) in [5.41, 5.74) is 1.48. The number of rotatable bonds is 9. The minimum Gasteiger partial charge on any atom is -0.452 e. The molecule has 1 heterocycles. The molecule has 0 aliphatic carbocycles. The van der Waals surface area contributed by atoms with Crippen LogP contribution in [0, 0.1) is 6.92 Å². The van der Waals surface area contributed by atoms with Crippen molar-refractivity contribution < 1.29 is 22.7 Å². The van der Waals surface area contributed by atoms with E-state index in [9.17, 15) is 22.8 Å². The van der Waals surface area contributed by atoms with Crippen molar-refractivity contribution in [1.82, 2.24) is 13.9 Å². The first-order valence-electron chi connectivity index (χ1n) is 10.6. The molecule has 1 amide bonds. The van der Waals surface area contributed by atoms with E-state index >= 15 is 0 Å². The highest BCUT2D eigenvalue weighted by Gasteiger charge is 2.22. The number of imidazole rings is 1. The molecule has 0 unspecified atom stereocenters. The van der Waals surface area contributed by atoms with Crippen molar-refractivity contribution in [2.75, 3.05) is 25.0 Å². The fourth-order valence-corrected chi connectivity index (χ4v) is 4.89. The Morgan fingerprint density at radius 2 is 1.76 bits per heavy atom. The van der Waals surface area contributed by atoms with Crippen LogP contribution in [0.5, 0.6) is 0 Å². The van der Waals surface area contributed by atoms with E-state index in [0.29, 0.717) is 24.5 Å². The smallest absolute Gasteiger partial charge is 0.338 e. The third-order valence-electron chi connectivity index (χ3n) is 5.12. The summed E-state index contributed by atoms with van der Waals surface area (Å²) in [5, 5.41) is 2.54. The van der Waals surface area contributed by atoms with Crippen LogP contribution in [0.3, 0.4) is 0 Å². The van der Waals surface area contributed by atoms with E-state index < -0.39 is 28.5 Å². The highest BCUT2D eigenvalue weighted by molar-refractivity contribution is 7.89. The minimum absolute atomic E-state index is 0.0582. The SMILES string of the molecule is CCN(CC)S(=O)(=O)c1cccc(NC(=O)COC(=O)c2ccc(-n3c(C)c[nH]c3=O)cc2)c1. The zero-order chi connectivity index (χ0) is 24.9. The predicted molar refractivity (Wildman–Crippen MR) is 127 cm³/mol. The maximum Gasteiger partial charge on any atom is 0.338 e. The highest BCUT2D eigenvalue weighted by Crippen LogP contribution is 2.19. The van der Waals surface area contributed by atoms with Crippen molar-refractivity contribution in [3.63, 3.8) is 0 Å². The topological polar surface area (TPSA) is 131 Å². The van der Waals surface area contributed by atoms with E-state index in [1.807, 2.05) is 0 Å². The molecule has 3 aromatic rings. The number of ether oxygens (including phenoxy) is 1. The molecule has 0 radical (unpaired) electrons. The van der Waals surface area contributed by atoms with Gasteiger partial charge >= 0.3 is 11.7 Å². The number of hydrogen-bond acceptors (Lipinski definition) is 6. The molecule has 180 valence electrons. The van der Waals surface area contributed by atoms with Crippen molar-refractivity contribution in [3.8, 4) is 5.69 Å². The molecule has 0 bridgehead atoms. The average Bonchev–Trinajstić information content (AvgIpc) is 3.16. The second kappa shape index (κ2) is 10.5. The van der Waals surface area contributed by atoms with Gasteiger partial charge in [-0.05, 0) is 49.4 Å². The number of nitrogens with zero attached hydrogens (tertiary/aromatic N) is 2. The first-order valence-corrected chi connectivity index (χ1v) is 12.1. The number of amides is 1. The molecule has 2 aromatic carbocycles. The summed E-state index contributed by atoms with van der Waals surface area (Å²) in [6.07, 6.45) is 1.58. The largest absolute Gasteiger partial charge is 0.452 e. The Kier molecular flexibility index (Phi) is 7.69. The number of carbonyl (C=O) groups excluding carboxylic acids is 2. The van der Waals surface area contributed by atoms with Crippen LogP contribution in [0.2, 0.25) is 0 Å². The summed E-state index contributed by atoms with van der Waals surface area (Å²) >= 11 is 0. The highest BCUT2D eigenvalue weighted by atomic mass is 32.2. The number of aromatic amines is 1. The van der Waals surface area contributed by atoms with Gasteiger partial charge in [0.05, 0.1) is 16.1 Å². The quantitative estimate of drug-likeness (QED) is 0.446. The standard InChI is InChI=1S/C23H26N4O6S/c1-4-26(5-2)34(31,32)20-8-6-7-18(13-20)25-21(28)15-33-22(29)17-9-11-19(12-10-17)27-16(3)14-24-23(27)30/h6-14H,4-5,15H2,1-3H3,(H,24,30)(H,25,28). The van der Waals surface area contributed by atoms with Gasteiger partial charge in [0.25, 0.3) is 5.91 Å². The summed E-state index contributed by atoms with van der Waals surface area (Å²) in [4.78, 5) is 39.1. The number of carbonyl (C=O) groups is 2. The molecule has 11 heteroatoms. The number of aryl methyl sites for hydroxylation is 1. The third-order valence-corrected chi connectivity index (χ3v) is 7.16. The number of anilines is 1. The average molecular weight is 487 g/mol. The number of benzene rings is 2. The van der Waals surface area contributed by atoms with Crippen LogP contribution in [0.15, 0.2) is 64.4 Å². The molecule has 0 aliphatic rings. The number of hydrogen-bond donors (Lipinski definition) is 2. The number of nitrogens with one attached hydrogen (secondary N) is 2. The zero-order valence-corrected chi connectivity index (χ0v) is 19.9. The minimum atomic E-state index is -3.67. The van der Waals surface area contributed by atoms with Crippen LogP contribution in [0.25, 0.3) is 5.69 Å². The summed E-state index contributed by atoms with van der Waals surface area (Å²) in [6.45, 7) is 5.37. The monoisotopic (exact) mass is 486 g/mol. The van der Waals surface area contributed by atoms with Gasteiger partial charge in [0.2, 0.25) is 10.0 Å². The molecule has 0 aliphatic heterocycles. The van der Waals surface area contributed by atoms with Gasteiger partial charge in [-0.2, -0.15) is 4.31 Å². The summed E-state index contributed by atoms with van der Waals surface area (Å²) in [7, 11) is -3.67. The molecule has 0 atom stereocenters. The molecule has 10 nitrogen and oxygen atoms in total. The van der Waals surface area contributed by atoms with Crippen molar-refractivity contribution in [3.05, 3.63) is 76.5 Å². The van der Waals surface area contributed by atoms with Crippen LogP contribution in [-0.2, 0) is 19.6 Å². The Morgan fingerprint density at radius 1 is 1.09 bits per heavy atom. The molecule has 0 fully saturated rings. The van der Waals surface area contributed by atoms with Crippen LogP contribution >= 0.6 is 0 Å². The Bertz CT molecular complexity index is 1340. The molecule has 0 saturated carbocycles. The van der Waals surface area contributed by atoms with Crippen molar-refractivity contribution in [2.45, 2.75) is 25.7 Å². The lowest BCUT2D eigenvalue weighted by Gasteiger charge is -2.18. The second-order valence-corrected chi connectivity index (χ2v) is 9.30. The predicted octanol–water partition coefficient (Wildman–Crippen LogP) is 2.30. The second-order valence-electron chi connectivity index (χ2n) is 7.36. The Morgan fingerprint density at radius 3 is 2.35 bits per heavy atom. The molecule has 3 rings (SSSR count). The van der Waals surface area contributed by atoms with Gasteiger partial charge in [0, 0.05) is 30.7 Å². The number of esters is 1. The van der Waals surface area contributed by atoms with Crippen LogP contribution in [0.4, 0.5) is 5.69 Å². The van der Waals surface area contributed by atoms with Gasteiger partial charge in [-0.3, -0.25) is 9.36 Å². The first-order chi connectivity index (χ1) is 16.2. The maximum absolute atomic E-state index is 12.7.